The summed E-state index contributed by atoms with van der Waals surface area (Å²) in [6.45, 7) is 0.504. The van der Waals surface area contributed by atoms with Crippen molar-refractivity contribution in [3.8, 4) is 34.2 Å². The van der Waals surface area contributed by atoms with Crippen molar-refractivity contribution in [2.75, 3.05) is 5.73 Å². The van der Waals surface area contributed by atoms with E-state index in [-0.39, 0.29) is 5.82 Å². The Balaban J connectivity index is 1.63. The first-order valence-electron chi connectivity index (χ1n) is 9.28. The van der Waals surface area contributed by atoms with Crippen molar-refractivity contribution in [1.82, 2.24) is 4.98 Å². The van der Waals surface area contributed by atoms with E-state index in [0.29, 0.717) is 12.2 Å². The Hall–Kier alpha value is -4.10. The van der Waals surface area contributed by atoms with Crippen LogP contribution in [-0.4, -0.2) is 4.98 Å². The molecule has 140 valence electrons. The Morgan fingerprint density at radius 2 is 1.48 bits per heavy atom. The summed E-state index contributed by atoms with van der Waals surface area (Å²) in [5, 5.41) is 9.59. The number of nitrogens with two attached hydrogens (primary N) is 1. The van der Waals surface area contributed by atoms with Crippen LogP contribution in [0.4, 0.5) is 5.82 Å². The van der Waals surface area contributed by atoms with E-state index >= 15 is 0 Å². The molecule has 0 aliphatic rings. The molecule has 2 N–H and O–H groups in total. The summed E-state index contributed by atoms with van der Waals surface area (Å²) < 4.78 is 5.85. The largest absolute Gasteiger partial charge is 0.489 e. The minimum Gasteiger partial charge on any atom is -0.489 e. The van der Waals surface area contributed by atoms with Gasteiger partial charge in [0.2, 0.25) is 0 Å². The molecule has 1 aromatic heterocycles. The Morgan fingerprint density at radius 1 is 0.828 bits per heavy atom. The minimum atomic E-state index is 0.230. The van der Waals surface area contributed by atoms with E-state index < -0.39 is 0 Å². The fourth-order valence-electron chi connectivity index (χ4n) is 3.14. The molecule has 0 saturated carbocycles. The highest BCUT2D eigenvalue weighted by Gasteiger charge is 2.13. The molecule has 3 aromatic carbocycles. The highest BCUT2D eigenvalue weighted by molar-refractivity contribution is 5.80. The Bertz CT molecular complexity index is 1150. The van der Waals surface area contributed by atoms with Crippen molar-refractivity contribution in [1.29, 1.82) is 5.26 Å². The van der Waals surface area contributed by atoms with Crippen molar-refractivity contribution < 1.29 is 4.74 Å². The van der Waals surface area contributed by atoms with Gasteiger partial charge in [-0.15, -0.1) is 0 Å². The number of aromatic nitrogens is 1. The molecule has 0 spiro atoms. The molecule has 0 saturated heterocycles. The van der Waals surface area contributed by atoms with Gasteiger partial charge in [0.1, 0.15) is 29.8 Å². The van der Waals surface area contributed by atoms with Gasteiger partial charge in [-0.25, -0.2) is 4.98 Å². The average Bonchev–Trinajstić information content (AvgIpc) is 2.79. The number of benzene rings is 3. The van der Waals surface area contributed by atoms with Crippen molar-refractivity contribution in [2.24, 2.45) is 0 Å². The van der Waals surface area contributed by atoms with Crippen LogP contribution in [0.2, 0.25) is 0 Å². The molecule has 4 rings (SSSR count). The van der Waals surface area contributed by atoms with E-state index in [9.17, 15) is 5.26 Å². The quantitative estimate of drug-likeness (QED) is 0.502. The van der Waals surface area contributed by atoms with Gasteiger partial charge in [-0.2, -0.15) is 5.26 Å². The second kappa shape index (κ2) is 8.28. The predicted octanol–water partition coefficient (Wildman–Crippen LogP) is 5.45. The van der Waals surface area contributed by atoms with Crippen LogP contribution in [-0.2, 0) is 6.61 Å². The number of hydrogen-bond donors (Lipinski definition) is 1. The maximum Gasteiger partial charge on any atom is 0.142 e. The van der Waals surface area contributed by atoms with Gasteiger partial charge in [-0.05, 0) is 29.3 Å². The summed E-state index contributed by atoms with van der Waals surface area (Å²) in [7, 11) is 0. The van der Waals surface area contributed by atoms with E-state index in [1.807, 2.05) is 91.0 Å². The first-order chi connectivity index (χ1) is 14.2. The van der Waals surface area contributed by atoms with Crippen LogP contribution < -0.4 is 10.5 Å². The van der Waals surface area contributed by atoms with Crippen LogP contribution in [0.25, 0.3) is 22.4 Å². The minimum absolute atomic E-state index is 0.230. The molecule has 0 amide bonds. The van der Waals surface area contributed by atoms with E-state index in [1.54, 1.807) is 0 Å². The zero-order chi connectivity index (χ0) is 20.1. The third kappa shape index (κ3) is 4.10. The number of nitrogens with zero attached hydrogens (tertiary/aromatic N) is 2. The predicted molar refractivity (Wildman–Crippen MR) is 115 cm³/mol. The van der Waals surface area contributed by atoms with Crippen molar-refractivity contribution >= 4 is 5.82 Å². The molecule has 0 radical (unpaired) electrons. The third-order valence-corrected chi connectivity index (χ3v) is 4.64. The first kappa shape index (κ1) is 18.3. The van der Waals surface area contributed by atoms with E-state index in [1.165, 1.54) is 0 Å². The molecular weight excluding hydrogens is 358 g/mol. The van der Waals surface area contributed by atoms with Crippen LogP contribution in [0.1, 0.15) is 11.1 Å². The van der Waals surface area contributed by atoms with Crippen molar-refractivity contribution in [2.45, 2.75) is 6.61 Å². The lowest BCUT2D eigenvalue weighted by Crippen LogP contribution is -2.00. The number of ether oxygens (including phenoxy) is 1. The number of rotatable bonds is 5. The lowest BCUT2D eigenvalue weighted by molar-refractivity contribution is 0.306. The van der Waals surface area contributed by atoms with Gasteiger partial charge in [0.05, 0.1) is 5.69 Å². The van der Waals surface area contributed by atoms with Crippen molar-refractivity contribution in [3.05, 3.63) is 102 Å². The molecule has 0 unspecified atom stereocenters. The average molecular weight is 377 g/mol. The molecule has 4 heteroatoms. The van der Waals surface area contributed by atoms with Crippen molar-refractivity contribution in [3.63, 3.8) is 0 Å². The number of nitriles is 1. The summed E-state index contributed by atoms with van der Waals surface area (Å²) >= 11 is 0. The van der Waals surface area contributed by atoms with Gasteiger partial charge in [-0.1, -0.05) is 72.8 Å². The van der Waals surface area contributed by atoms with Gasteiger partial charge < -0.3 is 10.5 Å². The number of anilines is 1. The SMILES string of the molecule is N#Cc1c(-c2ccc(OCc3ccccc3)cc2)cc(-c2ccccc2)nc1N. The second-order valence-electron chi connectivity index (χ2n) is 6.59. The summed E-state index contributed by atoms with van der Waals surface area (Å²) in [5.41, 5.74) is 10.9. The maximum atomic E-state index is 9.59. The topological polar surface area (TPSA) is 71.9 Å². The molecule has 0 aliphatic heterocycles. The number of pyridine rings is 1. The van der Waals surface area contributed by atoms with Gasteiger partial charge in [0.25, 0.3) is 0 Å². The molecule has 29 heavy (non-hydrogen) atoms. The molecule has 0 fully saturated rings. The smallest absolute Gasteiger partial charge is 0.142 e. The summed E-state index contributed by atoms with van der Waals surface area (Å²) in [4.78, 5) is 4.41. The first-order valence-corrected chi connectivity index (χ1v) is 9.28. The van der Waals surface area contributed by atoms with Gasteiger partial charge in [0, 0.05) is 11.1 Å². The van der Waals surface area contributed by atoms with Crippen LogP contribution in [0.5, 0.6) is 5.75 Å². The number of hydrogen-bond acceptors (Lipinski definition) is 4. The van der Waals surface area contributed by atoms with Crippen LogP contribution in [0.3, 0.4) is 0 Å². The standard InChI is InChI=1S/C25H19N3O/c26-16-23-22(15-24(28-25(23)27)20-9-5-2-6-10-20)19-11-13-21(14-12-19)29-17-18-7-3-1-4-8-18/h1-15H,17H2,(H2,27,28). The second-order valence-corrected chi connectivity index (χ2v) is 6.59. The Morgan fingerprint density at radius 3 is 2.14 bits per heavy atom. The molecule has 4 aromatic rings. The Kier molecular flexibility index (Phi) is 5.22. The number of nitrogen functional groups attached to an aromatic ring is 1. The molecule has 4 nitrogen and oxygen atoms in total. The lowest BCUT2D eigenvalue weighted by atomic mass is 9.98. The third-order valence-electron chi connectivity index (χ3n) is 4.64. The van der Waals surface area contributed by atoms with E-state index in [0.717, 1.165) is 33.7 Å². The van der Waals surface area contributed by atoms with Gasteiger partial charge in [0.15, 0.2) is 0 Å². The summed E-state index contributed by atoms with van der Waals surface area (Å²) in [6, 6.07) is 31.6. The summed E-state index contributed by atoms with van der Waals surface area (Å²) in [6.07, 6.45) is 0. The fraction of sp³-hybridized carbons (Fsp3) is 0.0400. The summed E-state index contributed by atoms with van der Waals surface area (Å²) in [5.74, 6) is 0.995. The zero-order valence-corrected chi connectivity index (χ0v) is 15.7. The van der Waals surface area contributed by atoms with E-state index in [2.05, 4.69) is 11.1 Å². The van der Waals surface area contributed by atoms with Crippen LogP contribution in [0.15, 0.2) is 91.0 Å². The van der Waals surface area contributed by atoms with Gasteiger partial charge in [-0.3, -0.25) is 0 Å². The molecular formula is C25H19N3O. The highest BCUT2D eigenvalue weighted by Crippen LogP contribution is 2.32. The molecule has 0 atom stereocenters. The molecule has 0 bridgehead atoms. The van der Waals surface area contributed by atoms with Gasteiger partial charge >= 0.3 is 0 Å². The maximum absolute atomic E-state index is 9.59. The van der Waals surface area contributed by atoms with E-state index in [4.69, 9.17) is 10.5 Å². The van der Waals surface area contributed by atoms with Crippen LogP contribution in [0, 0.1) is 11.3 Å². The van der Waals surface area contributed by atoms with Crippen LogP contribution >= 0.6 is 0 Å². The lowest BCUT2D eigenvalue weighted by Gasteiger charge is -2.11. The Labute approximate surface area is 169 Å². The highest BCUT2D eigenvalue weighted by atomic mass is 16.5. The zero-order valence-electron chi connectivity index (χ0n) is 15.7. The molecule has 0 aliphatic carbocycles. The fourth-order valence-corrected chi connectivity index (χ4v) is 3.14. The monoisotopic (exact) mass is 377 g/mol. The molecule has 1 heterocycles. The normalized spacial score (nSPS) is 10.3.